The van der Waals surface area contributed by atoms with Gasteiger partial charge in [-0.3, -0.25) is 0 Å². The van der Waals surface area contributed by atoms with Crippen LogP contribution in [0.2, 0.25) is 0 Å². The molecule has 0 aliphatic carbocycles. The number of nitrogens with one attached hydrogen (secondary N) is 1. The highest BCUT2D eigenvalue weighted by atomic mass is 16.5. The largest absolute Gasteiger partial charge is 0.489 e. The first-order valence-electron chi connectivity index (χ1n) is 8.50. The molecule has 3 aromatic carbocycles. The van der Waals surface area contributed by atoms with Crippen LogP contribution in [0.3, 0.4) is 0 Å². The SMILES string of the molecule is OC(CNCc1ccccc1)c1ccc(OCc2ccccc2)cc1. The highest BCUT2D eigenvalue weighted by Crippen LogP contribution is 2.18. The van der Waals surface area contributed by atoms with Gasteiger partial charge in [0.1, 0.15) is 12.4 Å². The number of aliphatic hydroxyl groups is 1. The molecule has 0 aliphatic heterocycles. The molecule has 3 heteroatoms. The average molecular weight is 333 g/mol. The van der Waals surface area contributed by atoms with Gasteiger partial charge < -0.3 is 15.2 Å². The van der Waals surface area contributed by atoms with Crippen LogP contribution >= 0.6 is 0 Å². The molecule has 2 N–H and O–H groups in total. The minimum absolute atomic E-state index is 0.513. The van der Waals surface area contributed by atoms with E-state index in [9.17, 15) is 5.11 Å². The van der Waals surface area contributed by atoms with Crippen molar-refractivity contribution >= 4 is 0 Å². The van der Waals surface area contributed by atoms with E-state index in [1.54, 1.807) is 0 Å². The molecule has 0 saturated heterocycles. The molecule has 0 saturated carbocycles. The van der Waals surface area contributed by atoms with Crippen molar-refractivity contribution in [3.63, 3.8) is 0 Å². The van der Waals surface area contributed by atoms with Crippen molar-refractivity contribution in [3.05, 3.63) is 102 Å². The number of ether oxygens (including phenoxy) is 1. The van der Waals surface area contributed by atoms with Gasteiger partial charge in [0.15, 0.2) is 0 Å². The quantitative estimate of drug-likeness (QED) is 0.652. The standard InChI is InChI=1S/C22H23NO2/c24-22(16-23-15-18-7-3-1-4-8-18)20-11-13-21(14-12-20)25-17-19-9-5-2-6-10-19/h1-14,22-24H,15-17H2. The summed E-state index contributed by atoms with van der Waals surface area (Å²) in [5.41, 5.74) is 3.23. The Hall–Kier alpha value is -2.62. The van der Waals surface area contributed by atoms with Crippen LogP contribution in [0.1, 0.15) is 22.8 Å². The molecular formula is C22H23NO2. The molecule has 3 aromatic rings. The van der Waals surface area contributed by atoms with E-state index in [-0.39, 0.29) is 0 Å². The van der Waals surface area contributed by atoms with Gasteiger partial charge in [0, 0.05) is 13.1 Å². The number of hydrogen-bond donors (Lipinski definition) is 2. The fraction of sp³-hybridized carbons (Fsp3) is 0.182. The first-order valence-corrected chi connectivity index (χ1v) is 8.50. The normalized spacial score (nSPS) is 11.9. The lowest BCUT2D eigenvalue weighted by atomic mass is 10.1. The van der Waals surface area contributed by atoms with Gasteiger partial charge in [0.2, 0.25) is 0 Å². The minimum Gasteiger partial charge on any atom is -0.489 e. The number of rotatable bonds is 8. The predicted octanol–water partition coefficient (Wildman–Crippen LogP) is 4.09. The summed E-state index contributed by atoms with van der Waals surface area (Å²) in [5, 5.41) is 13.6. The monoisotopic (exact) mass is 333 g/mol. The first-order chi connectivity index (χ1) is 12.3. The van der Waals surface area contributed by atoms with Crippen LogP contribution in [0.25, 0.3) is 0 Å². The molecule has 1 atom stereocenters. The van der Waals surface area contributed by atoms with Crippen molar-refractivity contribution in [1.29, 1.82) is 0 Å². The van der Waals surface area contributed by atoms with Gasteiger partial charge in [0.25, 0.3) is 0 Å². The van der Waals surface area contributed by atoms with Crippen LogP contribution in [-0.4, -0.2) is 11.7 Å². The van der Waals surface area contributed by atoms with Crippen LogP contribution in [0, 0.1) is 0 Å². The highest BCUT2D eigenvalue weighted by Gasteiger charge is 2.07. The van der Waals surface area contributed by atoms with E-state index in [0.717, 1.165) is 23.4 Å². The number of benzene rings is 3. The Balaban J connectivity index is 1.46. The summed E-state index contributed by atoms with van der Waals surface area (Å²) in [7, 11) is 0. The Bertz CT molecular complexity index is 742. The molecule has 25 heavy (non-hydrogen) atoms. The Kier molecular flexibility index (Phi) is 6.21. The molecule has 128 valence electrons. The third-order valence-electron chi connectivity index (χ3n) is 4.02. The van der Waals surface area contributed by atoms with Crippen molar-refractivity contribution in [1.82, 2.24) is 5.32 Å². The van der Waals surface area contributed by atoms with E-state index in [4.69, 9.17) is 4.74 Å². The molecule has 0 amide bonds. The van der Waals surface area contributed by atoms with Crippen molar-refractivity contribution in [2.24, 2.45) is 0 Å². The molecule has 3 rings (SSSR count). The maximum Gasteiger partial charge on any atom is 0.119 e. The number of aliphatic hydroxyl groups excluding tert-OH is 1. The molecule has 0 spiro atoms. The topological polar surface area (TPSA) is 41.5 Å². The summed E-state index contributed by atoms with van der Waals surface area (Å²) in [4.78, 5) is 0. The van der Waals surface area contributed by atoms with Crippen LogP contribution in [0.15, 0.2) is 84.9 Å². The van der Waals surface area contributed by atoms with Crippen molar-refractivity contribution < 1.29 is 9.84 Å². The summed E-state index contributed by atoms with van der Waals surface area (Å²) in [5.74, 6) is 0.803. The zero-order chi connectivity index (χ0) is 17.3. The van der Waals surface area contributed by atoms with Crippen molar-refractivity contribution in [2.75, 3.05) is 6.54 Å². The lowest BCUT2D eigenvalue weighted by Crippen LogP contribution is -2.21. The average Bonchev–Trinajstić information content (AvgIpc) is 2.68. The van der Waals surface area contributed by atoms with Gasteiger partial charge in [-0.15, -0.1) is 0 Å². The molecular weight excluding hydrogens is 310 g/mol. The lowest BCUT2D eigenvalue weighted by Gasteiger charge is -2.13. The first kappa shape index (κ1) is 17.2. The highest BCUT2D eigenvalue weighted by molar-refractivity contribution is 5.29. The second-order valence-corrected chi connectivity index (χ2v) is 5.98. The number of hydrogen-bond acceptors (Lipinski definition) is 3. The molecule has 0 aliphatic rings. The van der Waals surface area contributed by atoms with E-state index in [1.807, 2.05) is 72.8 Å². The molecule has 0 radical (unpaired) electrons. The fourth-order valence-corrected chi connectivity index (χ4v) is 2.59. The third kappa shape index (κ3) is 5.45. The van der Waals surface area contributed by atoms with E-state index in [1.165, 1.54) is 5.56 Å². The molecule has 0 heterocycles. The van der Waals surface area contributed by atoms with E-state index in [2.05, 4.69) is 17.4 Å². The van der Waals surface area contributed by atoms with Crippen molar-refractivity contribution in [3.8, 4) is 5.75 Å². The summed E-state index contributed by atoms with van der Waals surface area (Å²) in [6, 6.07) is 27.9. The maximum atomic E-state index is 10.3. The zero-order valence-corrected chi connectivity index (χ0v) is 14.1. The molecule has 0 aromatic heterocycles. The smallest absolute Gasteiger partial charge is 0.119 e. The Morgan fingerprint density at radius 1 is 0.760 bits per heavy atom. The van der Waals surface area contributed by atoms with Gasteiger partial charge in [-0.05, 0) is 28.8 Å². The van der Waals surface area contributed by atoms with Crippen LogP contribution in [0.4, 0.5) is 0 Å². The minimum atomic E-state index is -0.535. The van der Waals surface area contributed by atoms with E-state index >= 15 is 0 Å². The Labute approximate surface area is 148 Å². The van der Waals surface area contributed by atoms with Gasteiger partial charge >= 0.3 is 0 Å². The third-order valence-corrected chi connectivity index (χ3v) is 4.02. The fourth-order valence-electron chi connectivity index (χ4n) is 2.59. The molecule has 1 unspecified atom stereocenters. The summed E-state index contributed by atoms with van der Waals surface area (Å²) < 4.78 is 5.77. The molecule has 0 fully saturated rings. The predicted molar refractivity (Wildman–Crippen MR) is 100 cm³/mol. The molecule has 3 nitrogen and oxygen atoms in total. The summed E-state index contributed by atoms with van der Waals surface area (Å²) in [6.45, 7) is 1.80. The Morgan fingerprint density at radius 3 is 2.00 bits per heavy atom. The van der Waals surface area contributed by atoms with Crippen LogP contribution in [-0.2, 0) is 13.2 Å². The van der Waals surface area contributed by atoms with Crippen LogP contribution < -0.4 is 10.1 Å². The van der Waals surface area contributed by atoms with Crippen LogP contribution in [0.5, 0.6) is 5.75 Å². The second kappa shape index (κ2) is 9.02. The van der Waals surface area contributed by atoms with Gasteiger partial charge in [-0.25, -0.2) is 0 Å². The van der Waals surface area contributed by atoms with Gasteiger partial charge in [-0.2, -0.15) is 0 Å². The van der Waals surface area contributed by atoms with E-state index < -0.39 is 6.10 Å². The zero-order valence-electron chi connectivity index (χ0n) is 14.1. The Morgan fingerprint density at radius 2 is 1.36 bits per heavy atom. The second-order valence-electron chi connectivity index (χ2n) is 5.98. The van der Waals surface area contributed by atoms with E-state index in [0.29, 0.717) is 13.2 Å². The van der Waals surface area contributed by atoms with Gasteiger partial charge in [0.05, 0.1) is 6.10 Å². The van der Waals surface area contributed by atoms with Crippen molar-refractivity contribution in [2.45, 2.75) is 19.3 Å². The lowest BCUT2D eigenvalue weighted by molar-refractivity contribution is 0.174. The van der Waals surface area contributed by atoms with Gasteiger partial charge in [-0.1, -0.05) is 72.8 Å². The summed E-state index contributed by atoms with van der Waals surface area (Å²) in [6.07, 6.45) is -0.535. The molecule has 0 bridgehead atoms. The summed E-state index contributed by atoms with van der Waals surface area (Å²) >= 11 is 0. The maximum absolute atomic E-state index is 10.3.